The highest BCUT2D eigenvalue weighted by atomic mass is 32.2. The molecule has 0 aliphatic carbocycles. The van der Waals surface area contributed by atoms with Gasteiger partial charge in [0.25, 0.3) is 0 Å². The fraction of sp³-hybridized carbons (Fsp3) is 0.600. The molecule has 1 aromatic carbocycles. The van der Waals surface area contributed by atoms with E-state index in [1.807, 2.05) is 25.9 Å². The predicted molar refractivity (Wildman–Crippen MR) is 87.9 cm³/mol. The van der Waals surface area contributed by atoms with E-state index >= 15 is 0 Å². The van der Waals surface area contributed by atoms with E-state index in [4.69, 9.17) is 5.73 Å². The molecule has 0 fully saturated rings. The van der Waals surface area contributed by atoms with Gasteiger partial charge >= 0.3 is 0 Å². The largest absolute Gasteiger partial charge is 0.399 e. The maximum Gasteiger partial charge on any atom is 0.243 e. The third-order valence-electron chi connectivity index (χ3n) is 3.35. The van der Waals surface area contributed by atoms with Crippen LogP contribution in [0.3, 0.4) is 0 Å². The van der Waals surface area contributed by atoms with Crippen molar-refractivity contribution in [2.24, 2.45) is 0 Å². The number of anilines is 1. The van der Waals surface area contributed by atoms with E-state index < -0.39 is 10.0 Å². The summed E-state index contributed by atoms with van der Waals surface area (Å²) in [6, 6.07) is 3.44. The maximum atomic E-state index is 13.0. The Hall–Kier alpha value is -1.11. The lowest BCUT2D eigenvalue weighted by molar-refractivity contribution is 0.332. The Morgan fingerprint density at radius 2 is 1.57 bits per heavy atom. The number of nitrogens with two attached hydrogens (primary N) is 1. The van der Waals surface area contributed by atoms with Gasteiger partial charge in [0.05, 0.1) is 4.90 Å². The van der Waals surface area contributed by atoms with Crippen LogP contribution in [0.15, 0.2) is 17.0 Å². The van der Waals surface area contributed by atoms with Crippen LogP contribution < -0.4 is 5.73 Å². The molecule has 0 radical (unpaired) electrons. The molecule has 1 aromatic rings. The lowest BCUT2D eigenvalue weighted by Crippen LogP contribution is -2.37. The number of nitrogens with zero attached hydrogens (tertiary/aromatic N) is 2. The number of nitrogen functional groups attached to an aromatic ring is 1. The molecule has 21 heavy (non-hydrogen) atoms. The molecule has 2 N–H and O–H groups in total. The second-order valence-corrected chi connectivity index (χ2v) is 7.57. The maximum absolute atomic E-state index is 13.0. The molecule has 0 saturated heterocycles. The Balaban J connectivity index is 3.23. The SMILES string of the molecule is CCCN(CCN(C)C)S(=O)(=O)c1c(C)cc(N)cc1C. The van der Waals surface area contributed by atoms with Gasteiger partial charge in [0, 0.05) is 25.3 Å². The molecular weight excluding hydrogens is 286 g/mol. The number of hydrogen-bond donors (Lipinski definition) is 1. The molecule has 0 spiro atoms. The van der Waals surface area contributed by atoms with Crippen LogP contribution in [-0.4, -0.2) is 51.4 Å². The van der Waals surface area contributed by atoms with Crippen LogP contribution in [0.5, 0.6) is 0 Å². The number of hydrogen-bond acceptors (Lipinski definition) is 4. The molecule has 1 rings (SSSR count). The normalized spacial score (nSPS) is 12.3. The zero-order valence-corrected chi connectivity index (χ0v) is 14.5. The van der Waals surface area contributed by atoms with Crippen LogP contribution in [0, 0.1) is 13.8 Å². The first-order valence-corrected chi connectivity index (χ1v) is 8.65. The van der Waals surface area contributed by atoms with E-state index in [1.165, 1.54) is 0 Å². The van der Waals surface area contributed by atoms with Crippen molar-refractivity contribution in [3.05, 3.63) is 23.3 Å². The fourth-order valence-electron chi connectivity index (χ4n) is 2.43. The van der Waals surface area contributed by atoms with Gasteiger partial charge in [-0.3, -0.25) is 0 Å². The number of rotatable bonds is 7. The molecule has 5 nitrogen and oxygen atoms in total. The lowest BCUT2D eigenvalue weighted by Gasteiger charge is -2.25. The van der Waals surface area contributed by atoms with Gasteiger partial charge in [-0.2, -0.15) is 4.31 Å². The summed E-state index contributed by atoms with van der Waals surface area (Å²) in [6.45, 7) is 7.30. The molecule has 0 bridgehead atoms. The zero-order chi connectivity index (χ0) is 16.2. The van der Waals surface area contributed by atoms with Gasteiger partial charge in [0.2, 0.25) is 10.0 Å². The van der Waals surface area contributed by atoms with Crippen molar-refractivity contribution >= 4 is 15.7 Å². The summed E-state index contributed by atoms with van der Waals surface area (Å²) in [6.07, 6.45) is 0.791. The Morgan fingerprint density at radius 3 is 2.00 bits per heavy atom. The lowest BCUT2D eigenvalue weighted by atomic mass is 10.1. The van der Waals surface area contributed by atoms with Crippen LogP contribution in [-0.2, 0) is 10.0 Å². The van der Waals surface area contributed by atoms with Crippen LogP contribution in [0.1, 0.15) is 24.5 Å². The van der Waals surface area contributed by atoms with Crippen LogP contribution in [0.4, 0.5) is 5.69 Å². The highest BCUT2D eigenvalue weighted by Crippen LogP contribution is 2.26. The standard InChI is InChI=1S/C15H27N3O2S/c1-6-7-18(9-8-17(4)5)21(19,20)15-12(2)10-14(16)11-13(15)3/h10-11H,6-9,16H2,1-5H3. The third kappa shape index (κ3) is 4.43. The zero-order valence-electron chi connectivity index (χ0n) is 13.7. The average molecular weight is 313 g/mol. The van der Waals surface area contributed by atoms with E-state index in [0.717, 1.165) is 6.42 Å². The van der Waals surface area contributed by atoms with Gasteiger partial charge in [-0.25, -0.2) is 8.42 Å². The van der Waals surface area contributed by atoms with Gasteiger partial charge < -0.3 is 10.6 Å². The molecule has 0 aliphatic heterocycles. The van der Waals surface area contributed by atoms with Crippen LogP contribution in [0.2, 0.25) is 0 Å². The summed E-state index contributed by atoms with van der Waals surface area (Å²) in [5.74, 6) is 0. The summed E-state index contributed by atoms with van der Waals surface area (Å²) in [4.78, 5) is 2.38. The van der Waals surface area contributed by atoms with Crippen LogP contribution >= 0.6 is 0 Å². The minimum atomic E-state index is -3.49. The van der Waals surface area contributed by atoms with E-state index in [2.05, 4.69) is 0 Å². The average Bonchev–Trinajstić information content (AvgIpc) is 2.32. The van der Waals surface area contributed by atoms with Gasteiger partial charge in [0.15, 0.2) is 0 Å². The Bertz CT molecular complexity index is 560. The molecule has 0 amide bonds. The van der Waals surface area contributed by atoms with Crippen molar-refractivity contribution in [2.45, 2.75) is 32.1 Å². The van der Waals surface area contributed by atoms with Crippen LogP contribution in [0.25, 0.3) is 0 Å². The molecule has 0 atom stereocenters. The molecule has 120 valence electrons. The summed E-state index contributed by atoms with van der Waals surface area (Å²) in [7, 11) is 0.396. The molecule has 0 unspecified atom stereocenters. The number of likely N-dealkylation sites (N-methyl/N-ethyl adjacent to an activating group) is 1. The third-order valence-corrected chi connectivity index (χ3v) is 5.55. The summed E-state index contributed by atoms with van der Waals surface area (Å²) < 4.78 is 27.5. The minimum Gasteiger partial charge on any atom is -0.399 e. The summed E-state index contributed by atoms with van der Waals surface area (Å²) in [5.41, 5.74) is 7.80. The highest BCUT2D eigenvalue weighted by molar-refractivity contribution is 7.89. The van der Waals surface area contributed by atoms with Gasteiger partial charge in [-0.15, -0.1) is 0 Å². The van der Waals surface area contributed by atoms with E-state index in [-0.39, 0.29) is 0 Å². The number of sulfonamides is 1. The molecular formula is C15H27N3O2S. The van der Waals surface area contributed by atoms with Crippen molar-refractivity contribution in [1.82, 2.24) is 9.21 Å². The Kier molecular flexibility index (Phi) is 6.19. The first-order valence-electron chi connectivity index (χ1n) is 7.21. The first kappa shape index (κ1) is 17.9. The second kappa shape index (κ2) is 7.24. The van der Waals surface area contributed by atoms with Crippen molar-refractivity contribution in [1.29, 1.82) is 0 Å². The molecule has 0 heterocycles. The number of aryl methyl sites for hydroxylation is 2. The van der Waals surface area contributed by atoms with E-state index in [9.17, 15) is 8.42 Å². The first-order chi connectivity index (χ1) is 9.70. The minimum absolute atomic E-state index is 0.393. The van der Waals surface area contributed by atoms with Gasteiger partial charge in [-0.1, -0.05) is 6.92 Å². The summed E-state index contributed by atoms with van der Waals surface area (Å²) >= 11 is 0. The van der Waals surface area contributed by atoms with Crippen molar-refractivity contribution in [3.8, 4) is 0 Å². The van der Waals surface area contributed by atoms with Gasteiger partial charge in [0.1, 0.15) is 0 Å². The molecule has 0 aromatic heterocycles. The van der Waals surface area contributed by atoms with Crippen molar-refractivity contribution in [3.63, 3.8) is 0 Å². The molecule has 0 saturated carbocycles. The number of benzene rings is 1. The van der Waals surface area contributed by atoms with Crippen molar-refractivity contribution < 1.29 is 8.42 Å². The second-order valence-electron chi connectivity index (χ2n) is 5.69. The summed E-state index contributed by atoms with van der Waals surface area (Å²) in [5, 5.41) is 0. The molecule has 6 heteroatoms. The quantitative estimate of drug-likeness (QED) is 0.780. The van der Waals surface area contributed by atoms with E-state index in [1.54, 1.807) is 30.3 Å². The van der Waals surface area contributed by atoms with E-state index in [0.29, 0.717) is 41.3 Å². The monoisotopic (exact) mass is 313 g/mol. The van der Waals surface area contributed by atoms with Crippen molar-refractivity contribution in [2.75, 3.05) is 39.5 Å². The highest BCUT2D eigenvalue weighted by Gasteiger charge is 2.27. The Labute approximate surface area is 128 Å². The topological polar surface area (TPSA) is 66.6 Å². The smallest absolute Gasteiger partial charge is 0.243 e. The predicted octanol–water partition coefficient (Wildman–Crippen LogP) is 1.85. The Morgan fingerprint density at radius 1 is 1.05 bits per heavy atom. The fourth-order valence-corrected chi connectivity index (χ4v) is 4.37. The molecule has 0 aliphatic rings. The van der Waals surface area contributed by atoms with Gasteiger partial charge in [-0.05, 0) is 57.6 Å².